The Morgan fingerprint density at radius 2 is 1.79 bits per heavy atom. The molecule has 2 aliphatic rings. The maximum atomic E-state index is 11.8. The summed E-state index contributed by atoms with van der Waals surface area (Å²) in [5.41, 5.74) is 0.974. The molecule has 0 saturated carbocycles. The molecule has 0 unspecified atom stereocenters. The molecule has 3 atom stereocenters. The van der Waals surface area contributed by atoms with Gasteiger partial charge in [-0.15, -0.1) is 0 Å². The van der Waals surface area contributed by atoms with Gasteiger partial charge in [-0.1, -0.05) is 30.3 Å². The van der Waals surface area contributed by atoms with Crippen molar-refractivity contribution < 1.29 is 9.53 Å². The fourth-order valence-corrected chi connectivity index (χ4v) is 4.15. The van der Waals surface area contributed by atoms with Gasteiger partial charge in [0.15, 0.2) is 0 Å². The zero-order valence-electron chi connectivity index (χ0n) is 15.1. The van der Waals surface area contributed by atoms with Crippen molar-refractivity contribution >= 4 is 6.09 Å². The quantitative estimate of drug-likeness (QED) is 0.909. The van der Waals surface area contributed by atoms with Crippen LogP contribution in [0.15, 0.2) is 30.3 Å². The van der Waals surface area contributed by atoms with Crippen molar-refractivity contribution in [2.45, 2.75) is 70.7 Å². The van der Waals surface area contributed by atoms with Crippen LogP contribution in [0, 0.1) is 5.92 Å². The van der Waals surface area contributed by atoms with Gasteiger partial charge >= 0.3 is 6.09 Å². The van der Waals surface area contributed by atoms with Crippen molar-refractivity contribution in [3.8, 4) is 0 Å². The average molecular weight is 330 g/mol. The Morgan fingerprint density at radius 1 is 1.17 bits per heavy atom. The molecule has 24 heavy (non-hydrogen) atoms. The van der Waals surface area contributed by atoms with Crippen LogP contribution in [0.2, 0.25) is 0 Å². The fourth-order valence-electron chi connectivity index (χ4n) is 4.15. The van der Waals surface area contributed by atoms with Crippen LogP contribution >= 0.6 is 0 Å². The number of ether oxygens (including phenoxy) is 1. The molecule has 2 saturated heterocycles. The van der Waals surface area contributed by atoms with E-state index in [1.807, 2.05) is 20.8 Å². The zero-order valence-corrected chi connectivity index (χ0v) is 15.1. The molecule has 1 amide bonds. The molecular weight excluding hydrogens is 300 g/mol. The number of amides is 1. The molecule has 1 aromatic carbocycles. The molecule has 2 heterocycles. The first-order chi connectivity index (χ1) is 11.4. The van der Waals surface area contributed by atoms with E-state index in [0.717, 1.165) is 13.1 Å². The Labute approximate surface area is 145 Å². The Hall–Kier alpha value is -1.55. The van der Waals surface area contributed by atoms with E-state index in [0.29, 0.717) is 18.0 Å². The number of nitrogens with one attached hydrogen (secondary N) is 1. The molecule has 3 rings (SSSR count). The van der Waals surface area contributed by atoms with Gasteiger partial charge in [0.1, 0.15) is 5.60 Å². The van der Waals surface area contributed by atoms with Crippen LogP contribution in [0.1, 0.15) is 52.0 Å². The molecule has 0 aromatic heterocycles. The molecule has 0 radical (unpaired) electrons. The monoisotopic (exact) mass is 330 g/mol. The normalized spacial score (nSPS) is 27.0. The van der Waals surface area contributed by atoms with Gasteiger partial charge in [-0.3, -0.25) is 4.90 Å². The first-order valence-electron chi connectivity index (χ1n) is 9.17. The molecule has 132 valence electrons. The highest BCUT2D eigenvalue weighted by molar-refractivity contribution is 5.67. The minimum atomic E-state index is -0.428. The van der Waals surface area contributed by atoms with E-state index in [-0.39, 0.29) is 6.09 Å². The highest BCUT2D eigenvalue weighted by atomic mass is 16.6. The molecule has 0 aliphatic carbocycles. The number of alkyl carbamates (subject to hydrolysis) is 1. The number of nitrogens with zero attached hydrogens (tertiary/aromatic N) is 1. The summed E-state index contributed by atoms with van der Waals surface area (Å²) in [7, 11) is 0. The van der Waals surface area contributed by atoms with Crippen LogP contribution in [0.25, 0.3) is 0 Å². The van der Waals surface area contributed by atoms with Gasteiger partial charge in [-0.25, -0.2) is 4.79 Å². The molecule has 0 spiro atoms. The number of rotatable bonds is 4. The predicted octanol–water partition coefficient (Wildman–Crippen LogP) is 3.95. The van der Waals surface area contributed by atoms with Gasteiger partial charge < -0.3 is 10.1 Å². The van der Waals surface area contributed by atoms with E-state index in [1.54, 1.807) is 0 Å². The number of carbonyl (C=O) groups is 1. The predicted molar refractivity (Wildman–Crippen MR) is 95.8 cm³/mol. The lowest BCUT2D eigenvalue weighted by Crippen LogP contribution is -2.45. The Bertz CT molecular complexity index is 539. The van der Waals surface area contributed by atoms with Gasteiger partial charge in [0.05, 0.1) is 0 Å². The Kier molecular flexibility index (Phi) is 5.14. The molecule has 4 heteroatoms. The van der Waals surface area contributed by atoms with Crippen molar-refractivity contribution in [3.63, 3.8) is 0 Å². The lowest BCUT2D eigenvalue weighted by molar-refractivity contribution is 0.0487. The van der Waals surface area contributed by atoms with Gasteiger partial charge in [0.2, 0.25) is 0 Å². The van der Waals surface area contributed by atoms with E-state index >= 15 is 0 Å². The summed E-state index contributed by atoms with van der Waals surface area (Å²) in [5.74, 6) is 0.571. The molecule has 2 aliphatic heterocycles. The lowest BCUT2D eigenvalue weighted by atomic mass is 9.90. The van der Waals surface area contributed by atoms with Gasteiger partial charge in [0.25, 0.3) is 0 Å². The number of carbonyl (C=O) groups excluding carboxylic acids is 1. The molecule has 1 N–H and O–H groups in total. The maximum absolute atomic E-state index is 11.8. The standard InChI is InChI=1S/C20H30N2O2/c1-20(2,3)24-19(23)21-13-16-11-17-9-10-18(12-16)22(17)14-15-7-5-4-6-8-15/h4-8,16-18H,9-14H2,1-3H3,(H,21,23)/t16-,17-,18+. The topological polar surface area (TPSA) is 41.6 Å². The third-order valence-corrected chi connectivity index (χ3v) is 5.12. The zero-order chi connectivity index (χ0) is 17.2. The second kappa shape index (κ2) is 7.14. The van der Waals surface area contributed by atoms with Crippen molar-refractivity contribution in [3.05, 3.63) is 35.9 Å². The summed E-state index contributed by atoms with van der Waals surface area (Å²) >= 11 is 0. The first-order valence-corrected chi connectivity index (χ1v) is 9.17. The fraction of sp³-hybridized carbons (Fsp3) is 0.650. The highest BCUT2D eigenvalue weighted by Gasteiger charge is 2.40. The number of hydrogen-bond donors (Lipinski definition) is 1. The van der Waals surface area contributed by atoms with Crippen LogP contribution < -0.4 is 5.32 Å². The van der Waals surface area contributed by atoms with Gasteiger partial charge in [-0.2, -0.15) is 0 Å². The molecule has 2 fully saturated rings. The number of benzene rings is 1. The van der Waals surface area contributed by atoms with E-state index in [4.69, 9.17) is 4.74 Å². The minimum absolute atomic E-state index is 0.290. The van der Waals surface area contributed by atoms with Crippen molar-refractivity contribution in [1.82, 2.24) is 10.2 Å². The summed E-state index contributed by atoms with van der Waals surface area (Å²) in [4.78, 5) is 14.5. The molecule has 4 nitrogen and oxygen atoms in total. The van der Waals surface area contributed by atoms with Crippen molar-refractivity contribution in [2.24, 2.45) is 5.92 Å². The summed E-state index contributed by atoms with van der Waals surface area (Å²) in [6, 6.07) is 12.1. The van der Waals surface area contributed by atoms with E-state index in [1.165, 1.54) is 31.2 Å². The minimum Gasteiger partial charge on any atom is -0.444 e. The third-order valence-electron chi connectivity index (χ3n) is 5.12. The van der Waals surface area contributed by atoms with Crippen LogP contribution in [-0.2, 0) is 11.3 Å². The first kappa shape index (κ1) is 17.3. The second-order valence-electron chi connectivity index (χ2n) is 8.26. The number of hydrogen-bond acceptors (Lipinski definition) is 3. The lowest BCUT2D eigenvalue weighted by Gasteiger charge is -2.39. The molecule has 1 aromatic rings. The van der Waals surface area contributed by atoms with Gasteiger partial charge in [0, 0.05) is 25.2 Å². The number of fused-ring (bicyclic) bond motifs is 2. The Balaban J connectivity index is 1.49. The van der Waals surface area contributed by atoms with Crippen LogP contribution in [-0.4, -0.2) is 35.2 Å². The maximum Gasteiger partial charge on any atom is 0.407 e. The van der Waals surface area contributed by atoms with Crippen LogP contribution in [0.4, 0.5) is 4.79 Å². The average Bonchev–Trinajstić information content (AvgIpc) is 2.75. The van der Waals surface area contributed by atoms with Gasteiger partial charge in [-0.05, 0) is 57.9 Å². The SMILES string of the molecule is CC(C)(C)OC(=O)NC[C@@H]1C[C@H]2CC[C@@H](C1)N2Cc1ccccc1. The van der Waals surface area contributed by atoms with E-state index in [9.17, 15) is 4.79 Å². The van der Waals surface area contributed by atoms with Crippen molar-refractivity contribution in [1.29, 1.82) is 0 Å². The second-order valence-corrected chi connectivity index (χ2v) is 8.26. The molecular formula is C20H30N2O2. The van der Waals surface area contributed by atoms with E-state index < -0.39 is 5.60 Å². The summed E-state index contributed by atoms with van der Waals surface area (Å²) in [6.45, 7) is 7.49. The highest BCUT2D eigenvalue weighted by Crippen LogP contribution is 2.39. The summed E-state index contributed by atoms with van der Waals surface area (Å²) in [5, 5.41) is 2.96. The van der Waals surface area contributed by atoms with Crippen molar-refractivity contribution in [2.75, 3.05) is 6.54 Å². The third kappa shape index (κ3) is 4.50. The largest absolute Gasteiger partial charge is 0.444 e. The summed E-state index contributed by atoms with van der Waals surface area (Å²) < 4.78 is 5.34. The summed E-state index contributed by atoms with van der Waals surface area (Å²) in [6.07, 6.45) is 4.65. The van der Waals surface area contributed by atoms with Crippen LogP contribution in [0.3, 0.4) is 0 Å². The Morgan fingerprint density at radius 3 is 2.38 bits per heavy atom. The number of piperidine rings is 1. The van der Waals surface area contributed by atoms with Crippen LogP contribution in [0.5, 0.6) is 0 Å². The van der Waals surface area contributed by atoms with E-state index in [2.05, 4.69) is 40.5 Å². The molecule has 2 bridgehead atoms. The smallest absolute Gasteiger partial charge is 0.407 e.